The minimum absolute atomic E-state index is 0.861. The van der Waals surface area contributed by atoms with Gasteiger partial charge in [0.2, 0.25) is 0 Å². The topological polar surface area (TPSA) is 29.9 Å². The van der Waals surface area contributed by atoms with Gasteiger partial charge < -0.3 is 5.43 Å². The Morgan fingerprint density at radius 2 is 1.91 bits per heavy atom. The Labute approximate surface area is 138 Å². The van der Waals surface area contributed by atoms with E-state index in [1.165, 1.54) is 44.1 Å². The van der Waals surface area contributed by atoms with E-state index in [-0.39, 0.29) is 0 Å². The molecule has 2 rings (SSSR count). The summed E-state index contributed by atoms with van der Waals surface area (Å²) in [5.41, 5.74) is 5.60. The van der Waals surface area contributed by atoms with Crippen molar-refractivity contribution in [2.75, 3.05) is 12.0 Å². The van der Waals surface area contributed by atoms with E-state index in [9.17, 15) is 0 Å². The fourth-order valence-electron chi connectivity index (χ4n) is 2.69. The number of hydrogen-bond donors (Lipinski definition) is 1. The van der Waals surface area contributed by atoms with Crippen molar-refractivity contribution < 1.29 is 0 Å². The number of nitrogens with one attached hydrogen (secondary N) is 1. The fourth-order valence-corrected chi connectivity index (χ4v) is 3.05. The Balaban J connectivity index is 2.03. The molecule has 0 spiro atoms. The summed E-state index contributed by atoms with van der Waals surface area (Å²) in [5.74, 6) is 0. The van der Waals surface area contributed by atoms with Crippen LogP contribution in [0.3, 0.4) is 0 Å². The molecule has 2 aromatic heterocycles. The van der Waals surface area contributed by atoms with E-state index in [2.05, 4.69) is 36.4 Å². The summed E-state index contributed by atoms with van der Waals surface area (Å²) in [7, 11) is 0. The first kappa shape index (κ1) is 16.9. The van der Waals surface area contributed by atoms with E-state index in [1.807, 2.05) is 16.9 Å². The number of nitrogens with zero attached hydrogens (tertiary/aromatic N) is 2. The zero-order valence-corrected chi connectivity index (χ0v) is 14.6. The Morgan fingerprint density at radius 3 is 2.68 bits per heavy atom. The van der Waals surface area contributed by atoms with Gasteiger partial charge in [-0.15, -0.1) is 0 Å². The molecule has 0 saturated carbocycles. The van der Waals surface area contributed by atoms with Crippen LogP contribution in [0.25, 0.3) is 11.0 Å². The molecule has 3 nitrogen and oxygen atoms in total. The van der Waals surface area contributed by atoms with E-state index >= 15 is 0 Å². The van der Waals surface area contributed by atoms with Crippen LogP contribution in [0.15, 0.2) is 24.4 Å². The maximum Gasteiger partial charge on any atom is 0.159 e. The molecular formula is C18H27N3S. The average molecular weight is 318 g/mol. The number of fused-ring (bicyclic) bond motifs is 1. The number of pyridine rings is 2. The van der Waals surface area contributed by atoms with E-state index in [4.69, 9.17) is 12.2 Å². The highest BCUT2D eigenvalue weighted by atomic mass is 32.1. The van der Waals surface area contributed by atoms with Crippen molar-refractivity contribution in [1.82, 2.24) is 9.66 Å². The first-order valence-corrected chi connectivity index (χ1v) is 8.92. The molecule has 2 aromatic rings. The number of aryl methyl sites for hydroxylation is 1. The van der Waals surface area contributed by atoms with E-state index < -0.39 is 0 Å². The van der Waals surface area contributed by atoms with Gasteiger partial charge in [-0.3, -0.25) is 0 Å². The second-order valence-corrected chi connectivity index (χ2v) is 6.14. The highest BCUT2D eigenvalue weighted by Gasteiger charge is 2.05. The predicted octanol–water partition coefficient (Wildman–Crippen LogP) is 5.23. The van der Waals surface area contributed by atoms with Gasteiger partial charge in [-0.1, -0.05) is 58.2 Å². The van der Waals surface area contributed by atoms with Crippen molar-refractivity contribution in [2.24, 2.45) is 0 Å². The van der Waals surface area contributed by atoms with Gasteiger partial charge in [0.05, 0.1) is 0 Å². The smallest absolute Gasteiger partial charge is 0.159 e. The van der Waals surface area contributed by atoms with Crippen LogP contribution in [-0.2, 0) is 6.42 Å². The van der Waals surface area contributed by atoms with Gasteiger partial charge in [0.15, 0.2) is 5.65 Å². The van der Waals surface area contributed by atoms with Gasteiger partial charge >= 0.3 is 0 Å². The van der Waals surface area contributed by atoms with Crippen LogP contribution < -0.4 is 5.43 Å². The van der Waals surface area contributed by atoms with Gasteiger partial charge in [0, 0.05) is 18.1 Å². The van der Waals surface area contributed by atoms with Crippen LogP contribution in [-0.4, -0.2) is 16.2 Å². The molecular weight excluding hydrogens is 290 g/mol. The highest BCUT2D eigenvalue weighted by molar-refractivity contribution is 7.71. The molecule has 1 N–H and O–H groups in total. The molecule has 0 bridgehead atoms. The lowest BCUT2D eigenvalue weighted by Gasteiger charge is -2.15. The lowest BCUT2D eigenvalue weighted by atomic mass is 10.1. The van der Waals surface area contributed by atoms with Crippen LogP contribution in [0.5, 0.6) is 0 Å². The maximum atomic E-state index is 5.61. The monoisotopic (exact) mass is 317 g/mol. The van der Waals surface area contributed by atoms with E-state index in [0.29, 0.717) is 0 Å². The summed E-state index contributed by atoms with van der Waals surface area (Å²) >= 11 is 5.61. The molecule has 120 valence electrons. The van der Waals surface area contributed by atoms with Gasteiger partial charge in [-0.2, -0.15) is 0 Å². The number of unbranched alkanes of at least 4 members (excludes halogenated alkanes) is 5. The molecule has 4 heteroatoms. The average Bonchev–Trinajstić information content (AvgIpc) is 2.55. The molecule has 0 unspecified atom stereocenters. The maximum absolute atomic E-state index is 5.61. The summed E-state index contributed by atoms with van der Waals surface area (Å²) < 4.78 is 2.86. The van der Waals surface area contributed by atoms with E-state index in [1.54, 1.807) is 0 Å². The van der Waals surface area contributed by atoms with Gasteiger partial charge in [0.25, 0.3) is 0 Å². The molecule has 0 fully saturated rings. The summed E-state index contributed by atoms with van der Waals surface area (Å²) in [6.07, 6.45) is 10.6. The lowest BCUT2D eigenvalue weighted by molar-refractivity contribution is 0.608. The molecule has 0 aliphatic carbocycles. The molecule has 22 heavy (non-hydrogen) atoms. The minimum Gasteiger partial charge on any atom is -0.323 e. The Kier molecular flexibility index (Phi) is 6.84. The third-order valence-electron chi connectivity index (χ3n) is 4.02. The van der Waals surface area contributed by atoms with Crippen LogP contribution >= 0.6 is 12.2 Å². The van der Waals surface area contributed by atoms with Gasteiger partial charge in [0.1, 0.15) is 4.64 Å². The molecule has 0 radical (unpaired) electrons. The normalized spacial score (nSPS) is 11.0. The lowest BCUT2D eigenvalue weighted by Crippen LogP contribution is -2.19. The van der Waals surface area contributed by atoms with Crippen molar-refractivity contribution in [3.63, 3.8) is 0 Å². The number of hydrogen-bond acceptors (Lipinski definition) is 3. The first-order valence-electron chi connectivity index (χ1n) is 8.51. The van der Waals surface area contributed by atoms with Crippen molar-refractivity contribution in [3.05, 3.63) is 34.6 Å². The molecule has 0 aliphatic rings. The summed E-state index contributed by atoms with van der Waals surface area (Å²) in [6, 6.07) is 6.23. The standard InChI is InChI=1S/C18H27N3S/c1-3-5-6-7-8-9-13-20-21-17-16(11-10-12-19-17)14-15(4-2)18(21)22/h10-12,14,20H,3-9,13H2,1-2H3. The third-order valence-corrected chi connectivity index (χ3v) is 4.46. The Morgan fingerprint density at radius 1 is 1.14 bits per heavy atom. The minimum atomic E-state index is 0.861. The SMILES string of the molecule is CCCCCCCCNn1c(=S)c(CC)cc2cccnc21. The van der Waals surface area contributed by atoms with Crippen LogP contribution in [0.2, 0.25) is 0 Å². The fraction of sp³-hybridized carbons (Fsp3) is 0.556. The van der Waals surface area contributed by atoms with Crippen molar-refractivity contribution in [3.8, 4) is 0 Å². The van der Waals surface area contributed by atoms with Crippen molar-refractivity contribution in [2.45, 2.75) is 58.8 Å². The highest BCUT2D eigenvalue weighted by Crippen LogP contribution is 2.15. The second-order valence-electron chi connectivity index (χ2n) is 5.76. The largest absolute Gasteiger partial charge is 0.323 e. The quantitative estimate of drug-likeness (QED) is 0.507. The molecule has 2 heterocycles. The molecule has 0 atom stereocenters. The third kappa shape index (κ3) is 4.29. The van der Waals surface area contributed by atoms with Gasteiger partial charge in [-0.05, 0) is 36.6 Å². The van der Waals surface area contributed by atoms with E-state index in [0.717, 1.165) is 28.6 Å². The molecule has 0 amide bonds. The van der Waals surface area contributed by atoms with Crippen molar-refractivity contribution >= 4 is 23.3 Å². The molecule has 0 saturated heterocycles. The predicted molar refractivity (Wildman–Crippen MR) is 97.5 cm³/mol. The molecule has 0 aromatic carbocycles. The summed E-state index contributed by atoms with van der Waals surface area (Å²) in [6.45, 7) is 5.34. The van der Waals surface area contributed by atoms with Crippen LogP contribution in [0.4, 0.5) is 0 Å². The Hall–Kier alpha value is -1.42. The van der Waals surface area contributed by atoms with Crippen LogP contribution in [0, 0.1) is 4.64 Å². The zero-order valence-electron chi connectivity index (χ0n) is 13.8. The number of aromatic nitrogens is 2. The molecule has 0 aliphatic heterocycles. The van der Waals surface area contributed by atoms with Crippen molar-refractivity contribution in [1.29, 1.82) is 0 Å². The Bertz CT molecular complexity index is 648. The van der Waals surface area contributed by atoms with Crippen LogP contribution in [0.1, 0.15) is 57.9 Å². The summed E-state index contributed by atoms with van der Waals surface area (Å²) in [5, 5.41) is 1.14. The zero-order chi connectivity index (χ0) is 15.8. The summed E-state index contributed by atoms with van der Waals surface area (Å²) in [4.78, 5) is 4.49. The number of rotatable bonds is 9. The first-order chi connectivity index (χ1) is 10.8. The van der Waals surface area contributed by atoms with Gasteiger partial charge in [-0.25, -0.2) is 9.66 Å². The second kappa shape index (κ2) is 8.89.